The Balaban J connectivity index is 1.57. The molecule has 3 aromatic rings. The second kappa shape index (κ2) is 7.05. The molecule has 0 saturated carbocycles. The van der Waals surface area contributed by atoms with E-state index in [1.807, 2.05) is 12.1 Å². The van der Waals surface area contributed by atoms with E-state index < -0.39 is 0 Å². The quantitative estimate of drug-likeness (QED) is 0.773. The lowest BCUT2D eigenvalue weighted by Gasteiger charge is -2.27. The summed E-state index contributed by atoms with van der Waals surface area (Å²) in [6.45, 7) is 2.28. The highest BCUT2D eigenvalue weighted by Crippen LogP contribution is 2.20. The molecule has 3 heterocycles. The molecule has 4 rings (SSSR count). The lowest BCUT2D eigenvalue weighted by Crippen LogP contribution is -2.35. The number of H-pyrrole nitrogens is 1. The Kier molecular flexibility index (Phi) is 4.45. The molecule has 26 heavy (non-hydrogen) atoms. The maximum atomic E-state index is 12.4. The van der Waals surface area contributed by atoms with Crippen molar-refractivity contribution in [3.63, 3.8) is 0 Å². The molecule has 0 saturated heterocycles. The van der Waals surface area contributed by atoms with Crippen molar-refractivity contribution in [1.82, 2.24) is 24.8 Å². The van der Waals surface area contributed by atoms with Gasteiger partial charge in [-0.2, -0.15) is 0 Å². The van der Waals surface area contributed by atoms with Gasteiger partial charge in [0, 0.05) is 37.6 Å². The highest BCUT2D eigenvalue weighted by atomic mass is 16.5. The minimum absolute atomic E-state index is 0.0713. The van der Waals surface area contributed by atoms with E-state index in [2.05, 4.69) is 37.0 Å². The van der Waals surface area contributed by atoms with Crippen LogP contribution >= 0.6 is 0 Å². The summed E-state index contributed by atoms with van der Waals surface area (Å²) in [7, 11) is 1.66. The van der Waals surface area contributed by atoms with Crippen molar-refractivity contribution in [3.8, 4) is 17.1 Å². The first-order valence-electron chi connectivity index (χ1n) is 8.45. The lowest BCUT2D eigenvalue weighted by molar-refractivity contribution is 0.240. The molecule has 0 unspecified atom stereocenters. The van der Waals surface area contributed by atoms with Gasteiger partial charge in [0.2, 0.25) is 0 Å². The van der Waals surface area contributed by atoms with Crippen molar-refractivity contribution in [1.29, 1.82) is 0 Å². The van der Waals surface area contributed by atoms with Crippen LogP contribution in [0.25, 0.3) is 11.4 Å². The van der Waals surface area contributed by atoms with Crippen LogP contribution < -0.4 is 10.3 Å². The van der Waals surface area contributed by atoms with E-state index in [0.717, 1.165) is 30.1 Å². The summed E-state index contributed by atoms with van der Waals surface area (Å²) < 4.78 is 5.20. The van der Waals surface area contributed by atoms with E-state index in [0.29, 0.717) is 24.4 Å². The Morgan fingerprint density at radius 2 is 1.96 bits per heavy atom. The van der Waals surface area contributed by atoms with Gasteiger partial charge in [0.25, 0.3) is 5.56 Å². The fourth-order valence-electron chi connectivity index (χ4n) is 3.18. The monoisotopic (exact) mass is 349 g/mol. The molecule has 1 aliphatic rings. The van der Waals surface area contributed by atoms with Crippen LogP contribution in [0.5, 0.6) is 5.75 Å². The van der Waals surface area contributed by atoms with Gasteiger partial charge in [0.05, 0.1) is 18.4 Å². The van der Waals surface area contributed by atoms with E-state index in [1.165, 1.54) is 11.9 Å². The van der Waals surface area contributed by atoms with Crippen molar-refractivity contribution < 1.29 is 4.74 Å². The molecule has 7 nitrogen and oxygen atoms in total. The minimum Gasteiger partial charge on any atom is -0.497 e. The van der Waals surface area contributed by atoms with Crippen molar-refractivity contribution in [2.24, 2.45) is 0 Å². The number of hydrogen-bond donors (Lipinski definition) is 1. The summed E-state index contributed by atoms with van der Waals surface area (Å²) >= 11 is 0. The maximum absolute atomic E-state index is 12.4. The minimum atomic E-state index is -0.0713. The summed E-state index contributed by atoms with van der Waals surface area (Å²) in [5.41, 5.74) is 3.44. The Labute approximate surface area is 150 Å². The third kappa shape index (κ3) is 3.34. The molecule has 0 amide bonds. The van der Waals surface area contributed by atoms with Crippen LogP contribution in [0.1, 0.15) is 16.8 Å². The number of ether oxygens (including phenoxy) is 1. The molecule has 1 aromatic carbocycles. The zero-order valence-corrected chi connectivity index (χ0v) is 14.5. The van der Waals surface area contributed by atoms with Crippen molar-refractivity contribution >= 4 is 0 Å². The molecular weight excluding hydrogens is 330 g/mol. The SMILES string of the molecule is COc1ccc(CN2CCc3c(nc(-c4cncnc4)[nH]c3=O)C2)cc1. The smallest absolute Gasteiger partial charge is 0.254 e. The Morgan fingerprint density at radius 3 is 2.69 bits per heavy atom. The molecule has 7 heteroatoms. The second-order valence-corrected chi connectivity index (χ2v) is 6.28. The molecule has 1 N–H and O–H groups in total. The number of rotatable bonds is 4. The number of nitrogens with one attached hydrogen (secondary N) is 1. The first-order valence-corrected chi connectivity index (χ1v) is 8.45. The largest absolute Gasteiger partial charge is 0.497 e. The van der Waals surface area contributed by atoms with Crippen LogP contribution in [0.4, 0.5) is 0 Å². The lowest BCUT2D eigenvalue weighted by atomic mass is 10.1. The molecule has 0 aliphatic carbocycles. The summed E-state index contributed by atoms with van der Waals surface area (Å²) in [4.78, 5) is 30.2. The van der Waals surface area contributed by atoms with Crippen molar-refractivity contribution in [2.75, 3.05) is 13.7 Å². The summed E-state index contributed by atoms with van der Waals surface area (Å²) in [6, 6.07) is 8.05. The van der Waals surface area contributed by atoms with E-state index in [1.54, 1.807) is 19.5 Å². The predicted octanol–water partition coefficient (Wildman–Crippen LogP) is 1.79. The molecule has 0 radical (unpaired) electrons. The molecule has 2 aromatic heterocycles. The van der Waals surface area contributed by atoms with Crippen molar-refractivity contribution in [2.45, 2.75) is 19.5 Å². The van der Waals surface area contributed by atoms with E-state index in [4.69, 9.17) is 4.74 Å². The molecular formula is C19H19N5O2. The topological polar surface area (TPSA) is 84.0 Å². The fourth-order valence-corrected chi connectivity index (χ4v) is 3.18. The van der Waals surface area contributed by atoms with Gasteiger partial charge in [-0.05, 0) is 24.1 Å². The number of aromatic amines is 1. The van der Waals surface area contributed by atoms with Gasteiger partial charge < -0.3 is 9.72 Å². The molecule has 1 aliphatic heterocycles. The highest BCUT2D eigenvalue weighted by molar-refractivity contribution is 5.52. The number of nitrogens with zero attached hydrogens (tertiary/aromatic N) is 4. The number of fused-ring (bicyclic) bond motifs is 1. The van der Waals surface area contributed by atoms with Gasteiger partial charge in [-0.15, -0.1) is 0 Å². The van der Waals surface area contributed by atoms with Gasteiger partial charge in [-0.3, -0.25) is 9.69 Å². The van der Waals surface area contributed by atoms with E-state index in [9.17, 15) is 4.79 Å². The zero-order valence-electron chi connectivity index (χ0n) is 14.5. The number of hydrogen-bond acceptors (Lipinski definition) is 6. The first kappa shape index (κ1) is 16.4. The number of aromatic nitrogens is 4. The van der Waals surface area contributed by atoms with Crippen LogP contribution in [0.2, 0.25) is 0 Å². The van der Waals surface area contributed by atoms with Crippen LogP contribution in [0, 0.1) is 0 Å². The van der Waals surface area contributed by atoms with Crippen LogP contribution in [-0.4, -0.2) is 38.5 Å². The average Bonchev–Trinajstić information content (AvgIpc) is 2.69. The Bertz CT molecular complexity index is 954. The second-order valence-electron chi connectivity index (χ2n) is 6.28. The number of methoxy groups -OCH3 is 1. The molecule has 0 bridgehead atoms. The van der Waals surface area contributed by atoms with Gasteiger partial charge >= 0.3 is 0 Å². The fraction of sp³-hybridized carbons (Fsp3) is 0.263. The Hall–Kier alpha value is -3.06. The normalized spacial score (nSPS) is 14.0. The molecule has 132 valence electrons. The first-order chi connectivity index (χ1) is 12.7. The molecule has 0 fully saturated rings. The van der Waals surface area contributed by atoms with Gasteiger partial charge in [-0.25, -0.2) is 15.0 Å². The highest BCUT2D eigenvalue weighted by Gasteiger charge is 2.21. The molecule has 0 atom stereocenters. The maximum Gasteiger partial charge on any atom is 0.254 e. The molecule has 0 spiro atoms. The predicted molar refractivity (Wildman–Crippen MR) is 96.7 cm³/mol. The summed E-state index contributed by atoms with van der Waals surface area (Å²) in [6.07, 6.45) is 5.45. The van der Waals surface area contributed by atoms with Gasteiger partial charge in [0.1, 0.15) is 17.9 Å². The van der Waals surface area contributed by atoms with Crippen molar-refractivity contribution in [3.05, 3.63) is 70.2 Å². The number of benzene rings is 1. The van der Waals surface area contributed by atoms with Gasteiger partial charge in [0.15, 0.2) is 0 Å². The van der Waals surface area contributed by atoms with Crippen LogP contribution in [-0.2, 0) is 19.5 Å². The zero-order chi connectivity index (χ0) is 17.9. The van der Waals surface area contributed by atoms with Crippen LogP contribution in [0.3, 0.4) is 0 Å². The summed E-state index contributed by atoms with van der Waals surface area (Å²) in [5.74, 6) is 1.36. The van der Waals surface area contributed by atoms with E-state index in [-0.39, 0.29) is 5.56 Å². The average molecular weight is 349 g/mol. The van der Waals surface area contributed by atoms with Gasteiger partial charge in [-0.1, -0.05) is 12.1 Å². The summed E-state index contributed by atoms with van der Waals surface area (Å²) in [5, 5.41) is 0. The third-order valence-corrected chi connectivity index (χ3v) is 4.55. The van der Waals surface area contributed by atoms with E-state index >= 15 is 0 Å². The van der Waals surface area contributed by atoms with Crippen LogP contribution in [0.15, 0.2) is 47.8 Å². The standard InChI is InChI=1S/C19H19N5O2/c1-26-15-4-2-13(3-5-15)10-24-7-6-16-17(11-24)22-18(23-19(16)25)14-8-20-12-21-9-14/h2-5,8-9,12H,6-7,10-11H2,1H3,(H,22,23,25). The third-order valence-electron chi connectivity index (χ3n) is 4.55. The Morgan fingerprint density at radius 1 is 1.19 bits per heavy atom.